The Morgan fingerprint density at radius 3 is 1.60 bits per heavy atom. The molecule has 0 heterocycles. The fourth-order valence-corrected chi connectivity index (χ4v) is 5.08. The SMILES string of the molecule is CCOC(COc1cccc(C)c1)=C(c1ccc(-c2cccc(Cl)c2)cc1)c1ccc(-c2cccc(Cl)c2)cc1. The molecule has 5 rings (SSSR count). The Morgan fingerprint density at radius 1 is 0.600 bits per heavy atom. The van der Waals surface area contributed by atoms with Crippen LogP contribution in [-0.4, -0.2) is 13.2 Å². The van der Waals surface area contributed by atoms with Crippen molar-refractivity contribution in [3.05, 3.63) is 154 Å². The molecule has 4 heteroatoms. The summed E-state index contributed by atoms with van der Waals surface area (Å²) in [5, 5.41) is 1.43. The zero-order valence-electron chi connectivity index (χ0n) is 22.5. The molecule has 0 aliphatic rings. The first-order valence-electron chi connectivity index (χ1n) is 13.3. The molecule has 0 spiro atoms. The maximum Gasteiger partial charge on any atom is 0.146 e. The topological polar surface area (TPSA) is 18.5 Å². The van der Waals surface area contributed by atoms with E-state index in [4.69, 9.17) is 32.7 Å². The van der Waals surface area contributed by atoms with Gasteiger partial charge in [-0.05, 0) is 89.2 Å². The largest absolute Gasteiger partial charge is 0.494 e. The highest BCUT2D eigenvalue weighted by Crippen LogP contribution is 2.33. The molecule has 0 saturated heterocycles. The van der Waals surface area contributed by atoms with Crippen LogP contribution in [0.4, 0.5) is 0 Å². The van der Waals surface area contributed by atoms with Crippen LogP contribution in [0.25, 0.3) is 27.8 Å². The van der Waals surface area contributed by atoms with Gasteiger partial charge in [-0.1, -0.05) is 108 Å². The van der Waals surface area contributed by atoms with Gasteiger partial charge in [0.05, 0.1) is 6.61 Å². The van der Waals surface area contributed by atoms with Gasteiger partial charge in [0, 0.05) is 15.6 Å². The second-order valence-electron chi connectivity index (χ2n) is 9.51. The molecule has 40 heavy (non-hydrogen) atoms. The Balaban J connectivity index is 1.56. The smallest absolute Gasteiger partial charge is 0.146 e. The van der Waals surface area contributed by atoms with Gasteiger partial charge in [0.25, 0.3) is 0 Å². The van der Waals surface area contributed by atoms with Gasteiger partial charge < -0.3 is 9.47 Å². The van der Waals surface area contributed by atoms with Crippen molar-refractivity contribution in [2.75, 3.05) is 13.2 Å². The maximum absolute atomic E-state index is 6.25. The summed E-state index contributed by atoms with van der Waals surface area (Å²) in [7, 11) is 0. The highest BCUT2D eigenvalue weighted by Gasteiger charge is 2.16. The van der Waals surface area contributed by atoms with E-state index in [0.717, 1.165) is 56.0 Å². The first-order chi connectivity index (χ1) is 19.5. The van der Waals surface area contributed by atoms with Crippen LogP contribution in [0, 0.1) is 6.92 Å². The van der Waals surface area contributed by atoms with E-state index >= 15 is 0 Å². The van der Waals surface area contributed by atoms with Gasteiger partial charge in [0.15, 0.2) is 0 Å². The molecule has 0 bridgehead atoms. The molecule has 0 aliphatic carbocycles. The van der Waals surface area contributed by atoms with Crippen molar-refractivity contribution < 1.29 is 9.47 Å². The summed E-state index contributed by atoms with van der Waals surface area (Å²) in [5.41, 5.74) is 8.55. The summed E-state index contributed by atoms with van der Waals surface area (Å²) in [6.07, 6.45) is 0. The molecule has 0 radical (unpaired) electrons. The van der Waals surface area contributed by atoms with E-state index in [1.54, 1.807) is 0 Å². The second kappa shape index (κ2) is 12.9. The van der Waals surface area contributed by atoms with Crippen LogP contribution >= 0.6 is 23.2 Å². The molecule has 2 nitrogen and oxygen atoms in total. The third kappa shape index (κ3) is 6.77. The molecule has 0 N–H and O–H groups in total. The molecular weight excluding hydrogens is 535 g/mol. The van der Waals surface area contributed by atoms with Crippen LogP contribution < -0.4 is 4.74 Å². The maximum atomic E-state index is 6.25. The number of hydrogen-bond acceptors (Lipinski definition) is 2. The average Bonchev–Trinajstić information content (AvgIpc) is 2.97. The Bertz CT molecular complexity index is 1530. The molecule has 200 valence electrons. The Labute approximate surface area is 246 Å². The van der Waals surface area contributed by atoms with Crippen LogP contribution in [0.1, 0.15) is 23.6 Å². The fourth-order valence-electron chi connectivity index (χ4n) is 4.70. The average molecular weight is 566 g/mol. The van der Waals surface area contributed by atoms with Crippen molar-refractivity contribution in [3.63, 3.8) is 0 Å². The van der Waals surface area contributed by atoms with Crippen molar-refractivity contribution >= 4 is 28.8 Å². The summed E-state index contributed by atoms with van der Waals surface area (Å²) in [6, 6.07) is 40.8. The van der Waals surface area contributed by atoms with E-state index in [-0.39, 0.29) is 0 Å². The van der Waals surface area contributed by atoms with Gasteiger partial charge in [-0.3, -0.25) is 0 Å². The molecule has 0 amide bonds. The van der Waals surface area contributed by atoms with E-state index in [2.05, 4.69) is 73.7 Å². The molecule has 5 aromatic rings. The predicted molar refractivity (Wildman–Crippen MR) is 168 cm³/mol. The van der Waals surface area contributed by atoms with E-state index in [1.165, 1.54) is 0 Å². The number of rotatable bonds is 9. The van der Waals surface area contributed by atoms with Crippen LogP contribution in [0.15, 0.2) is 127 Å². The van der Waals surface area contributed by atoms with Gasteiger partial charge in [-0.15, -0.1) is 0 Å². The first kappa shape index (κ1) is 27.6. The van der Waals surface area contributed by atoms with E-state index in [0.29, 0.717) is 23.3 Å². The van der Waals surface area contributed by atoms with Crippen molar-refractivity contribution in [2.24, 2.45) is 0 Å². The lowest BCUT2D eigenvalue weighted by molar-refractivity contribution is 0.182. The zero-order valence-corrected chi connectivity index (χ0v) is 24.0. The molecule has 0 saturated carbocycles. The lowest BCUT2D eigenvalue weighted by Crippen LogP contribution is -2.09. The third-order valence-corrected chi connectivity index (χ3v) is 7.09. The van der Waals surface area contributed by atoms with Crippen molar-refractivity contribution in [3.8, 4) is 28.0 Å². The summed E-state index contributed by atoms with van der Waals surface area (Å²) in [4.78, 5) is 0. The molecular formula is C36H30Cl2O2. The number of ether oxygens (including phenoxy) is 2. The Kier molecular flexibility index (Phi) is 8.91. The summed E-state index contributed by atoms with van der Waals surface area (Å²) in [6.45, 7) is 4.88. The lowest BCUT2D eigenvalue weighted by Gasteiger charge is -2.18. The van der Waals surface area contributed by atoms with Crippen LogP contribution in [-0.2, 0) is 4.74 Å². The van der Waals surface area contributed by atoms with Crippen molar-refractivity contribution in [2.45, 2.75) is 13.8 Å². The molecule has 0 fully saturated rings. The molecule has 0 atom stereocenters. The number of aryl methyl sites for hydroxylation is 1. The van der Waals surface area contributed by atoms with E-state index in [1.807, 2.05) is 61.5 Å². The van der Waals surface area contributed by atoms with Gasteiger partial charge in [0.1, 0.15) is 18.1 Å². The van der Waals surface area contributed by atoms with E-state index in [9.17, 15) is 0 Å². The predicted octanol–water partition coefficient (Wildman–Crippen LogP) is 10.5. The first-order valence-corrected chi connectivity index (χ1v) is 14.0. The minimum absolute atomic E-state index is 0.304. The zero-order chi connectivity index (χ0) is 27.9. The van der Waals surface area contributed by atoms with Crippen LogP contribution in [0.3, 0.4) is 0 Å². The Morgan fingerprint density at radius 2 is 1.12 bits per heavy atom. The number of hydrogen-bond donors (Lipinski definition) is 0. The standard InChI is InChI=1S/C36H30Cl2O2/c1-3-39-35(24-40-34-12-4-7-25(2)21-34)36(28-17-13-26(14-18-28)30-8-5-10-32(37)22-30)29-19-15-27(16-20-29)31-9-6-11-33(38)23-31/h4-23H,3,24H2,1-2H3. The van der Waals surface area contributed by atoms with Gasteiger partial charge in [0.2, 0.25) is 0 Å². The highest BCUT2D eigenvalue weighted by molar-refractivity contribution is 6.31. The molecule has 0 aliphatic heterocycles. The van der Waals surface area contributed by atoms with Crippen molar-refractivity contribution in [1.82, 2.24) is 0 Å². The lowest BCUT2D eigenvalue weighted by atomic mass is 9.93. The Hall–Kier alpha value is -3.98. The third-order valence-electron chi connectivity index (χ3n) is 6.62. The summed E-state index contributed by atoms with van der Waals surface area (Å²) in [5.74, 6) is 1.58. The molecule has 5 aromatic carbocycles. The summed E-state index contributed by atoms with van der Waals surface area (Å²) >= 11 is 12.5. The fraction of sp³-hybridized carbons (Fsp3) is 0.111. The summed E-state index contributed by atoms with van der Waals surface area (Å²) < 4.78 is 12.5. The quantitative estimate of drug-likeness (QED) is 0.166. The second-order valence-corrected chi connectivity index (χ2v) is 10.4. The number of halogens is 2. The van der Waals surface area contributed by atoms with Gasteiger partial charge in [-0.2, -0.15) is 0 Å². The van der Waals surface area contributed by atoms with Crippen LogP contribution in [0.2, 0.25) is 10.0 Å². The molecule has 0 aromatic heterocycles. The monoisotopic (exact) mass is 564 g/mol. The minimum atomic E-state index is 0.304. The van der Waals surface area contributed by atoms with Gasteiger partial charge in [-0.25, -0.2) is 0 Å². The number of benzene rings is 5. The normalized spacial score (nSPS) is 10.7. The van der Waals surface area contributed by atoms with Gasteiger partial charge >= 0.3 is 0 Å². The van der Waals surface area contributed by atoms with Crippen molar-refractivity contribution in [1.29, 1.82) is 0 Å². The minimum Gasteiger partial charge on any atom is -0.494 e. The van der Waals surface area contributed by atoms with Crippen LogP contribution in [0.5, 0.6) is 5.75 Å². The molecule has 0 unspecified atom stereocenters. The van der Waals surface area contributed by atoms with E-state index < -0.39 is 0 Å². The highest BCUT2D eigenvalue weighted by atomic mass is 35.5.